The molecule has 0 bridgehead atoms. The number of para-hydroxylation sites is 1. The van der Waals surface area contributed by atoms with Crippen LogP contribution in [0, 0.1) is 11.7 Å². The fourth-order valence-electron chi connectivity index (χ4n) is 3.31. The maximum atomic E-state index is 13.5. The zero-order valence-corrected chi connectivity index (χ0v) is 15.6. The summed E-state index contributed by atoms with van der Waals surface area (Å²) < 4.78 is 24.3. The number of halogens is 2. The fraction of sp³-hybridized carbons (Fsp3) is 0.400. The van der Waals surface area contributed by atoms with E-state index >= 15 is 0 Å². The quantitative estimate of drug-likeness (QED) is 0.770. The highest BCUT2D eigenvalue weighted by molar-refractivity contribution is 5.85. The van der Waals surface area contributed by atoms with Crippen molar-refractivity contribution < 1.29 is 13.9 Å². The Morgan fingerprint density at radius 1 is 1.12 bits per heavy atom. The van der Waals surface area contributed by atoms with Gasteiger partial charge in [-0.3, -0.25) is 0 Å². The summed E-state index contributed by atoms with van der Waals surface area (Å²) in [4.78, 5) is 0. The van der Waals surface area contributed by atoms with Crippen LogP contribution in [0.3, 0.4) is 0 Å². The molecule has 2 aromatic rings. The Balaban J connectivity index is 0.00000225. The SMILES string of the molecule is COc1ccccc1C(C)NCC1CC1c1cc(F)ccc1OC.Cl. The van der Waals surface area contributed by atoms with E-state index in [2.05, 4.69) is 18.3 Å². The molecule has 0 aliphatic heterocycles. The van der Waals surface area contributed by atoms with Gasteiger partial charge in [-0.05, 0) is 56.0 Å². The van der Waals surface area contributed by atoms with E-state index < -0.39 is 0 Å². The summed E-state index contributed by atoms with van der Waals surface area (Å²) in [7, 11) is 3.33. The summed E-state index contributed by atoms with van der Waals surface area (Å²) in [6.07, 6.45) is 1.06. The number of benzene rings is 2. The van der Waals surface area contributed by atoms with Gasteiger partial charge < -0.3 is 14.8 Å². The van der Waals surface area contributed by atoms with E-state index in [1.165, 1.54) is 6.07 Å². The average Bonchev–Trinajstić information content (AvgIpc) is 3.39. The molecule has 25 heavy (non-hydrogen) atoms. The molecule has 3 nitrogen and oxygen atoms in total. The molecule has 3 atom stereocenters. The summed E-state index contributed by atoms with van der Waals surface area (Å²) in [6, 6.07) is 13.0. The maximum Gasteiger partial charge on any atom is 0.123 e. The number of nitrogens with one attached hydrogen (secondary N) is 1. The Morgan fingerprint density at radius 2 is 1.84 bits per heavy atom. The molecule has 1 N–H and O–H groups in total. The molecule has 0 amide bonds. The summed E-state index contributed by atoms with van der Waals surface area (Å²) in [6.45, 7) is 3.03. The monoisotopic (exact) mass is 365 g/mol. The van der Waals surface area contributed by atoms with E-state index in [4.69, 9.17) is 9.47 Å². The maximum absolute atomic E-state index is 13.5. The van der Waals surface area contributed by atoms with Crippen LogP contribution < -0.4 is 14.8 Å². The third-order valence-electron chi connectivity index (χ3n) is 4.81. The van der Waals surface area contributed by atoms with Gasteiger partial charge in [0.15, 0.2) is 0 Å². The Bertz CT molecular complexity index is 710. The number of hydrogen-bond donors (Lipinski definition) is 1. The molecule has 1 fully saturated rings. The van der Waals surface area contributed by atoms with Gasteiger partial charge in [0.2, 0.25) is 0 Å². The van der Waals surface area contributed by atoms with Gasteiger partial charge in [-0.2, -0.15) is 0 Å². The molecule has 0 heterocycles. The van der Waals surface area contributed by atoms with Crippen LogP contribution in [0.1, 0.15) is 36.4 Å². The van der Waals surface area contributed by atoms with Crippen LogP contribution in [-0.2, 0) is 0 Å². The molecule has 1 saturated carbocycles. The minimum atomic E-state index is -0.202. The van der Waals surface area contributed by atoms with Crippen LogP contribution in [0.15, 0.2) is 42.5 Å². The number of rotatable bonds is 7. The zero-order valence-electron chi connectivity index (χ0n) is 14.8. The molecular formula is C20H25ClFNO2. The van der Waals surface area contributed by atoms with E-state index in [9.17, 15) is 4.39 Å². The van der Waals surface area contributed by atoms with Gasteiger partial charge in [-0.25, -0.2) is 4.39 Å². The lowest BCUT2D eigenvalue weighted by Crippen LogP contribution is -2.22. The van der Waals surface area contributed by atoms with Gasteiger partial charge in [0.05, 0.1) is 14.2 Å². The van der Waals surface area contributed by atoms with Gasteiger partial charge in [0.25, 0.3) is 0 Å². The molecule has 0 aromatic heterocycles. The van der Waals surface area contributed by atoms with Crippen LogP contribution in [0.4, 0.5) is 4.39 Å². The highest BCUT2D eigenvalue weighted by atomic mass is 35.5. The normalized spacial score (nSPS) is 19.7. The molecule has 5 heteroatoms. The first-order valence-electron chi connectivity index (χ1n) is 8.33. The van der Waals surface area contributed by atoms with Gasteiger partial charge >= 0.3 is 0 Å². The molecule has 2 aromatic carbocycles. The topological polar surface area (TPSA) is 30.5 Å². The van der Waals surface area contributed by atoms with Crippen LogP contribution in [-0.4, -0.2) is 20.8 Å². The van der Waals surface area contributed by atoms with Crippen molar-refractivity contribution in [3.63, 3.8) is 0 Å². The predicted molar refractivity (Wildman–Crippen MR) is 100 cm³/mol. The number of hydrogen-bond acceptors (Lipinski definition) is 3. The van der Waals surface area contributed by atoms with Crippen molar-refractivity contribution >= 4 is 12.4 Å². The Kier molecular flexibility index (Phi) is 6.68. The van der Waals surface area contributed by atoms with Crippen LogP contribution in [0.5, 0.6) is 11.5 Å². The lowest BCUT2D eigenvalue weighted by Gasteiger charge is -2.17. The lowest BCUT2D eigenvalue weighted by atomic mass is 10.1. The summed E-state index contributed by atoms with van der Waals surface area (Å²) in [5.74, 6) is 2.36. The van der Waals surface area contributed by atoms with E-state index in [-0.39, 0.29) is 24.3 Å². The van der Waals surface area contributed by atoms with E-state index in [1.807, 2.05) is 18.2 Å². The second kappa shape index (κ2) is 8.54. The first kappa shape index (κ1) is 19.5. The molecule has 3 rings (SSSR count). The summed E-state index contributed by atoms with van der Waals surface area (Å²) in [5, 5.41) is 3.57. The van der Waals surface area contributed by atoms with Crippen molar-refractivity contribution in [2.45, 2.75) is 25.3 Å². The molecule has 1 aliphatic rings. The Hall–Kier alpha value is -1.78. The van der Waals surface area contributed by atoms with Crippen molar-refractivity contribution in [3.8, 4) is 11.5 Å². The first-order chi connectivity index (χ1) is 11.6. The van der Waals surface area contributed by atoms with Crippen molar-refractivity contribution in [1.82, 2.24) is 5.32 Å². The number of ether oxygens (including phenoxy) is 2. The van der Waals surface area contributed by atoms with Crippen LogP contribution in [0.25, 0.3) is 0 Å². The molecule has 3 unspecified atom stereocenters. The van der Waals surface area contributed by atoms with Crippen LogP contribution in [0.2, 0.25) is 0 Å². The van der Waals surface area contributed by atoms with Gasteiger partial charge in [0, 0.05) is 17.2 Å². The van der Waals surface area contributed by atoms with E-state index in [0.29, 0.717) is 11.8 Å². The standard InChI is InChI=1S/C20H24FNO2.ClH/c1-13(16-6-4-5-7-19(16)23-2)22-12-14-10-17(14)18-11-15(21)8-9-20(18)24-3;/h4-9,11,13-14,17,22H,10,12H2,1-3H3;1H. The summed E-state index contributed by atoms with van der Waals surface area (Å²) >= 11 is 0. The summed E-state index contributed by atoms with van der Waals surface area (Å²) in [5.41, 5.74) is 2.13. The Morgan fingerprint density at radius 3 is 2.56 bits per heavy atom. The minimum absolute atomic E-state index is 0. The third-order valence-corrected chi connectivity index (χ3v) is 4.81. The Labute approximate surface area is 154 Å². The van der Waals surface area contributed by atoms with Gasteiger partial charge in [-0.15, -0.1) is 12.4 Å². The van der Waals surface area contributed by atoms with Crippen molar-refractivity contribution in [1.29, 1.82) is 0 Å². The van der Waals surface area contributed by atoms with E-state index in [1.54, 1.807) is 26.4 Å². The van der Waals surface area contributed by atoms with Gasteiger partial charge in [-0.1, -0.05) is 18.2 Å². The minimum Gasteiger partial charge on any atom is -0.496 e. The predicted octanol–water partition coefficient (Wildman–Crippen LogP) is 4.72. The molecule has 0 radical (unpaired) electrons. The zero-order chi connectivity index (χ0) is 17.1. The lowest BCUT2D eigenvalue weighted by molar-refractivity contribution is 0.400. The van der Waals surface area contributed by atoms with Crippen molar-refractivity contribution in [2.75, 3.05) is 20.8 Å². The van der Waals surface area contributed by atoms with Crippen LogP contribution >= 0.6 is 12.4 Å². The van der Waals surface area contributed by atoms with Crippen molar-refractivity contribution in [3.05, 3.63) is 59.4 Å². The molecule has 0 spiro atoms. The highest BCUT2D eigenvalue weighted by Gasteiger charge is 2.40. The first-order valence-corrected chi connectivity index (χ1v) is 8.33. The largest absolute Gasteiger partial charge is 0.496 e. The molecule has 0 saturated heterocycles. The second-order valence-corrected chi connectivity index (χ2v) is 6.36. The van der Waals surface area contributed by atoms with Crippen molar-refractivity contribution in [2.24, 2.45) is 5.92 Å². The van der Waals surface area contributed by atoms with Gasteiger partial charge in [0.1, 0.15) is 17.3 Å². The smallest absolute Gasteiger partial charge is 0.123 e. The molecule has 136 valence electrons. The molecule has 1 aliphatic carbocycles. The average molecular weight is 366 g/mol. The van der Waals surface area contributed by atoms with E-state index in [0.717, 1.165) is 35.6 Å². The highest BCUT2D eigenvalue weighted by Crippen LogP contribution is 2.50. The molecular weight excluding hydrogens is 341 g/mol. The second-order valence-electron chi connectivity index (χ2n) is 6.36. The number of methoxy groups -OCH3 is 2. The third kappa shape index (κ3) is 4.44. The fourth-order valence-corrected chi connectivity index (χ4v) is 3.31.